The zero-order chi connectivity index (χ0) is 22.0. The van der Waals surface area contributed by atoms with Gasteiger partial charge in [0.2, 0.25) is 21.8 Å². The van der Waals surface area contributed by atoms with Gasteiger partial charge in [-0.25, -0.2) is 13.4 Å². The summed E-state index contributed by atoms with van der Waals surface area (Å²) in [6, 6.07) is 2.77. The number of hydrogen-bond donors (Lipinski definition) is 1. The Bertz CT molecular complexity index is 904. The number of rotatable bonds is 6. The molecule has 3 heterocycles. The fourth-order valence-corrected chi connectivity index (χ4v) is 5.17. The first-order chi connectivity index (χ1) is 14.9. The maximum Gasteiger partial charge on any atom is 0.244 e. The number of aromatic nitrogens is 1. The maximum atomic E-state index is 12.7. The van der Waals surface area contributed by atoms with Gasteiger partial charge in [0, 0.05) is 51.4 Å². The summed E-state index contributed by atoms with van der Waals surface area (Å²) in [5.74, 6) is 0.653. The summed E-state index contributed by atoms with van der Waals surface area (Å²) in [5, 5.41) is 2.80. The number of ether oxygens (including phenoxy) is 1. The molecular formula is C20H29N5O5S. The molecule has 1 aliphatic carbocycles. The van der Waals surface area contributed by atoms with Crippen molar-refractivity contribution in [3.05, 3.63) is 18.3 Å². The first-order valence-electron chi connectivity index (χ1n) is 10.7. The molecule has 31 heavy (non-hydrogen) atoms. The molecule has 2 amide bonds. The van der Waals surface area contributed by atoms with E-state index in [1.165, 1.54) is 10.5 Å². The molecular weight excluding hydrogens is 422 g/mol. The van der Waals surface area contributed by atoms with Crippen LogP contribution in [0.2, 0.25) is 0 Å². The van der Waals surface area contributed by atoms with Gasteiger partial charge in [-0.05, 0) is 31.9 Å². The molecule has 0 bridgehead atoms. The van der Waals surface area contributed by atoms with E-state index in [1.807, 2.05) is 4.90 Å². The summed E-state index contributed by atoms with van der Waals surface area (Å²) in [6.45, 7) is 5.46. The molecule has 1 atom stereocenters. The first-order valence-corrected chi connectivity index (χ1v) is 12.2. The number of pyridine rings is 1. The highest BCUT2D eigenvalue weighted by atomic mass is 32.2. The zero-order valence-corrected chi connectivity index (χ0v) is 18.5. The minimum absolute atomic E-state index is 0.0317. The zero-order valence-electron chi connectivity index (χ0n) is 17.7. The monoisotopic (exact) mass is 451 g/mol. The number of anilines is 1. The predicted octanol–water partition coefficient (Wildman–Crippen LogP) is -0.334. The minimum atomic E-state index is -3.57. The van der Waals surface area contributed by atoms with E-state index in [-0.39, 0.29) is 22.6 Å². The average Bonchev–Trinajstić information content (AvgIpc) is 3.65. The number of piperazine rings is 1. The summed E-state index contributed by atoms with van der Waals surface area (Å²) in [7, 11) is -3.57. The van der Waals surface area contributed by atoms with E-state index in [0.717, 1.165) is 12.8 Å². The van der Waals surface area contributed by atoms with Crippen molar-refractivity contribution in [2.24, 2.45) is 5.92 Å². The third-order valence-corrected chi connectivity index (χ3v) is 7.80. The van der Waals surface area contributed by atoms with Crippen LogP contribution < -0.4 is 10.2 Å². The number of carbonyl (C=O) groups excluding carboxylic acids is 2. The molecule has 11 heteroatoms. The van der Waals surface area contributed by atoms with E-state index < -0.39 is 16.1 Å². The summed E-state index contributed by atoms with van der Waals surface area (Å²) >= 11 is 0. The van der Waals surface area contributed by atoms with Gasteiger partial charge in [0.15, 0.2) is 0 Å². The molecule has 1 saturated carbocycles. The van der Waals surface area contributed by atoms with Gasteiger partial charge in [0.1, 0.15) is 16.8 Å². The lowest BCUT2D eigenvalue weighted by Gasteiger charge is -2.36. The number of sulfonamides is 1. The molecule has 1 aromatic heterocycles. The van der Waals surface area contributed by atoms with Gasteiger partial charge in [0.05, 0.1) is 13.2 Å². The van der Waals surface area contributed by atoms with E-state index in [2.05, 4.69) is 10.3 Å². The van der Waals surface area contributed by atoms with Gasteiger partial charge in [-0.15, -0.1) is 0 Å². The standard InChI is InChI=1S/C20H29N5O5S/c1-15(22-19(26)16-2-3-16)20(27)24-8-6-23(7-9-24)18-5-4-17(14-21-18)31(28,29)25-10-12-30-13-11-25/h4-5,14-16H,2-3,6-13H2,1H3,(H,22,26)/t15-/m0/s1. The van der Waals surface area contributed by atoms with Gasteiger partial charge in [-0.2, -0.15) is 4.31 Å². The Kier molecular flexibility index (Phi) is 6.44. The van der Waals surface area contributed by atoms with Crippen LogP contribution in [0.5, 0.6) is 0 Å². The van der Waals surface area contributed by atoms with Crippen molar-refractivity contribution in [3.63, 3.8) is 0 Å². The first kappa shape index (κ1) is 22.0. The Balaban J connectivity index is 1.31. The van der Waals surface area contributed by atoms with Crippen LogP contribution in [0.1, 0.15) is 19.8 Å². The van der Waals surface area contributed by atoms with Crippen LogP contribution in [0.3, 0.4) is 0 Å². The Labute approximate surface area is 182 Å². The molecule has 1 aromatic rings. The Morgan fingerprint density at radius 3 is 2.35 bits per heavy atom. The Morgan fingerprint density at radius 1 is 1.10 bits per heavy atom. The van der Waals surface area contributed by atoms with Gasteiger partial charge in [-0.3, -0.25) is 9.59 Å². The van der Waals surface area contributed by atoms with Crippen LogP contribution in [0, 0.1) is 5.92 Å². The van der Waals surface area contributed by atoms with Crippen LogP contribution in [0.4, 0.5) is 5.82 Å². The van der Waals surface area contributed by atoms with Crippen LogP contribution >= 0.6 is 0 Å². The number of nitrogens with zero attached hydrogens (tertiary/aromatic N) is 4. The number of morpholine rings is 1. The summed E-state index contributed by atoms with van der Waals surface area (Å²) in [6.07, 6.45) is 3.21. The highest BCUT2D eigenvalue weighted by molar-refractivity contribution is 7.89. The highest BCUT2D eigenvalue weighted by Gasteiger charge is 2.33. The van der Waals surface area contributed by atoms with Crippen molar-refractivity contribution >= 4 is 27.7 Å². The molecule has 3 fully saturated rings. The van der Waals surface area contributed by atoms with Crippen molar-refractivity contribution in [2.45, 2.75) is 30.7 Å². The summed E-state index contributed by atoms with van der Waals surface area (Å²) in [4.78, 5) is 32.8. The van der Waals surface area contributed by atoms with E-state index in [1.54, 1.807) is 24.0 Å². The van der Waals surface area contributed by atoms with Crippen LogP contribution in [-0.2, 0) is 24.3 Å². The molecule has 2 saturated heterocycles. The maximum absolute atomic E-state index is 12.7. The molecule has 1 N–H and O–H groups in total. The number of carbonyl (C=O) groups is 2. The van der Waals surface area contributed by atoms with Gasteiger partial charge < -0.3 is 19.9 Å². The van der Waals surface area contributed by atoms with Crippen molar-refractivity contribution in [3.8, 4) is 0 Å². The predicted molar refractivity (Wildman–Crippen MR) is 113 cm³/mol. The van der Waals surface area contributed by atoms with Crippen molar-refractivity contribution < 1.29 is 22.7 Å². The van der Waals surface area contributed by atoms with Crippen molar-refractivity contribution in [1.29, 1.82) is 0 Å². The number of hydrogen-bond acceptors (Lipinski definition) is 7. The molecule has 170 valence electrons. The van der Waals surface area contributed by atoms with Gasteiger partial charge >= 0.3 is 0 Å². The van der Waals surface area contributed by atoms with Crippen LogP contribution in [0.15, 0.2) is 23.2 Å². The molecule has 0 aromatic carbocycles. The second-order valence-corrected chi connectivity index (χ2v) is 10.1. The fourth-order valence-electron chi connectivity index (χ4n) is 3.82. The lowest BCUT2D eigenvalue weighted by Crippen LogP contribution is -2.54. The summed E-state index contributed by atoms with van der Waals surface area (Å²) in [5.41, 5.74) is 0. The minimum Gasteiger partial charge on any atom is -0.379 e. The smallest absolute Gasteiger partial charge is 0.244 e. The van der Waals surface area contributed by atoms with E-state index >= 15 is 0 Å². The van der Waals surface area contributed by atoms with Crippen molar-refractivity contribution in [2.75, 3.05) is 57.4 Å². The highest BCUT2D eigenvalue weighted by Crippen LogP contribution is 2.29. The Morgan fingerprint density at radius 2 is 1.77 bits per heavy atom. The third kappa shape index (κ3) is 4.99. The normalized spacial score (nSPS) is 21.6. The number of nitrogens with one attached hydrogen (secondary N) is 1. The number of amides is 2. The SMILES string of the molecule is C[C@H](NC(=O)C1CC1)C(=O)N1CCN(c2ccc(S(=O)(=O)N3CCOCC3)cn2)CC1. The molecule has 0 unspecified atom stereocenters. The molecule has 0 spiro atoms. The quantitative estimate of drug-likeness (QED) is 0.630. The molecule has 10 nitrogen and oxygen atoms in total. The largest absolute Gasteiger partial charge is 0.379 e. The summed E-state index contributed by atoms with van der Waals surface area (Å²) < 4.78 is 32.1. The fraction of sp³-hybridized carbons (Fsp3) is 0.650. The second kappa shape index (κ2) is 9.09. The lowest BCUT2D eigenvalue weighted by atomic mass is 10.2. The van der Waals surface area contributed by atoms with E-state index in [9.17, 15) is 18.0 Å². The van der Waals surface area contributed by atoms with E-state index in [4.69, 9.17) is 4.74 Å². The molecule has 0 radical (unpaired) electrons. The average molecular weight is 452 g/mol. The van der Waals surface area contributed by atoms with Gasteiger partial charge in [0.25, 0.3) is 0 Å². The molecule has 4 rings (SSSR count). The van der Waals surface area contributed by atoms with Crippen LogP contribution in [0.25, 0.3) is 0 Å². The third-order valence-electron chi connectivity index (χ3n) is 5.92. The molecule has 2 aliphatic heterocycles. The van der Waals surface area contributed by atoms with Gasteiger partial charge in [-0.1, -0.05) is 0 Å². The second-order valence-electron chi connectivity index (χ2n) is 8.19. The van der Waals surface area contributed by atoms with E-state index in [0.29, 0.717) is 58.3 Å². The Hall–Kier alpha value is -2.24. The van der Waals surface area contributed by atoms with Crippen molar-refractivity contribution in [1.82, 2.24) is 19.5 Å². The topological polar surface area (TPSA) is 112 Å². The lowest BCUT2D eigenvalue weighted by molar-refractivity contribution is -0.136. The van der Waals surface area contributed by atoms with Crippen LogP contribution in [-0.4, -0.2) is 92.9 Å². The molecule has 3 aliphatic rings.